The molecular weight excluding hydrogens is 266 g/mol. The Morgan fingerprint density at radius 1 is 1.43 bits per heavy atom. The molecule has 0 bridgehead atoms. The van der Waals surface area contributed by atoms with E-state index in [2.05, 4.69) is 15.4 Å². The Balaban J connectivity index is 1.72. The van der Waals surface area contributed by atoms with E-state index in [0.29, 0.717) is 12.2 Å². The molecule has 0 unspecified atom stereocenters. The maximum Gasteiger partial charge on any atom is 0.242 e. The molecule has 21 heavy (non-hydrogen) atoms. The van der Waals surface area contributed by atoms with Crippen molar-refractivity contribution in [3.05, 3.63) is 48.3 Å². The highest BCUT2D eigenvalue weighted by molar-refractivity contribution is 5.94. The van der Waals surface area contributed by atoms with Gasteiger partial charge in [-0.1, -0.05) is 18.2 Å². The zero-order chi connectivity index (χ0) is 14.8. The summed E-state index contributed by atoms with van der Waals surface area (Å²) < 4.78 is 1.59. The fourth-order valence-electron chi connectivity index (χ4n) is 2.35. The average Bonchev–Trinajstić information content (AvgIpc) is 3.07. The molecule has 6 nitrogen and oxygen atoms in total. The van der Waals surface area contributed by atoms with E-state index < -0.39 is 6.04 Å². The van der Waals surface area contributed by atoms with Gasteiger partial charge in [-0.25, -0.2) is 0 Å². The number of carbonyl (C=O) groups excluding carboxylic acids is 1. The lowest BCUT2D eigenvalue weighted by Gasteiger charge is -2.11. The minimum atomic E-state index is -0.612. The highest BCUT2D eigenvalue weighted by Crippen LogP contribution is 2.19. The number of hydrogen-bond donors (Lipinski definition) is 3. The van der Waals surface area contributed by atoms with Gasteiger partial charge in [-0.2, -0.15) is 5.10 Å². The van der Waals surface area contributed by atoms with Crippen LogP contribution in [0.5, 0.6) is 0 Å². The number of nitrogens with two attached hydrogens (primary N) is 1. The molecule has 0 spiro atoms. The molecule has 4 N–H and O–H groups in total. The summed E-state index contributed by atoms with van der Waals surface area (Å²) in [7, 11) is 1.76. The van der Waals surface area contributed by atoms with E-state index in [1.807, 2.05) is 30.5 Å². The molecule has 2 heterocycles. The van der Waals surface area contributed by atoms with E-state index in [1.165, 1.54) is 0 Å². The number of amides is 1. The quantitative estimate of drug-likeness (QED) is 0.676. The molecule has 3 rings (SSSR count). The first-order chi connectivity index (χ1) is 10.1. The molecule has 6 heteroatoms. The first kappa shape index (κ1) is 13.4. The van der Waals surface area contributed by atoms with Crippen molar-refractivity contribution >= 4 is 22.6 Å². The fourth-order valence-corrected chi connectivity index (χ4v) is 2.35. The second-order valence-electron chi connectivity index (χ2n) is 5.00. The predicted octanol–water partition coefficient (Wildman–Crippen LogP) is 1.41. The second kappa shape index (κ2) is 5.41. The van der Waals surface area contributed by atoms with Crippen molar-refractivity contribution in [2.45, 2.75) is 12.5 Å². The Morgan fingerprint density at radius 2 is 2.24 bits per heavy atom. The van der Waals surface area contributed by atoms with Crippen LogP contribution in [0.4, 0.5) is 5.82 Å². The monoisotopic (exact) mass is 283 g/mol. The minimum Gasteiger partial charge on any atom is -0.361 e. The summed E-state index contributed by atoms with van der Waals surface area (Å²) in [6, 6.07) is 9.08. The summed E-state index contributed by atoms with van der Waals surface area (Å²) in [4.78, 5) is 15.3. The number of fused-ring (bicyclic) bond motifs is 1. The fraction of sp³-hybridized carbons (Fsp3) is 0.200. The molecule has 1 aromatic carbocycles. The standard InChI is InChI=1S/C15H17N5O/c1-20-14(6-7-18-20)19-15(21)12(16)8-10-9-17-13-5-3-2-4-11(10)13/h2-7,9,12,17H,8,16H2,1H3,(H,19,21)/t12-/m1/s1. The van der Waals surface area contributed by atoms with Crippen LogP contribution in [-0.4, -0.2) is 26.7 Å². The van der Waals surface area contributed by atoms with Gasteiger partial charge in [0.05, 0.1) is 12.2 Å². The SMILES string of the molecule is Cn1nccc1NC(=O)[C@H](N)Cc1c[nH]c2ccccc12. The summed E-state index contributed by atoms with van der Waals surface area (Å²) in [6.07, 6.45) is 4.01. The number of rotatable bonds is 4. The molecule has 0 saturated carbocycles. The van der Waals surface area contributed by atoms with Crippen molar-refractivity contribution in [2.75, 3.05) is 5.32 Å². The third kappa shape index (κ3) is 2.66. The Hall–Kier alpha value is -2.60. The van der Waals surface area contributed by atoms with E-state index in [0.717, 1.165) is 16.5 Å². The number of anilines is 1. The lowest BCUT2D eigenvalue weighted by atomic mass is 10.1. The predicted molar refractivity (Wildman–Crippen MR) is 81.8 cm³/mol. The number of benzene rings is 1. The van der Waals surface area contributed by atoms with E-state index in [4.69, 9.17) is 5.73 Å². The molecule has 0 radical (unpaired) electrons. The van der Waals surface area contributed by atoms with Gasteiger partial charge in [0.15, 0.2) is 0 Å². The van der Waals surface area contributed by atoms with Crippen LogP contribution in [0.2, 0.25) is 0 Å². The summed E-state index contributed by atoms with van der Waals surface area (Å²) in [5.74, 6) is 0.415. The Morgan fingerprint density at radius 3 is 3.00 bits per heavy atom. The van der Waals surface area contributed by atoms with E-state index in [9.17, 15) is 4.79 Å². The van der Waals surface area contributed by atoms with Gasteiger partial charge in [-0.15, -0.1) is 0 Å². The van der Waals surface area contributed by atoms with Crippen LogP contribution in [0.3, 0.4) is 0 Å². The van der Waals surface area contributed by atoms with Gasteiger partial charge in [0.2, 0.25) is 5.91 Å². The van der Waals surface area contributed by atoms with E-state index in [1.54, 1.807) is 24.0 Å². The topological polar surface area (TPSA) is 88.7 Å². The number of aryl methyl sites for hydroxylation is 1. The van der Waals surface area contributed by atoms with Crippen molar-refractivity contribution in [3.63, 3.8) is 0 Å². The minimum absolute atomic E-state index is 0.219. The molecule has 108 valence electrons. The molecule has 0 aliphatic heterocycles. The second-order valence-corrected chi connectivity index (χ2v) is 5.00. The number of aromatic nitrogens is 3. The summed E-state index contributed by atoms with van der Waals surface area (Å²) >= 11 is 0. The van der Waals surface area contributed by atoms with Crippen molar-refractivity contribution in [1.29, 1.82) is 0 Å². The van der Waals surface area contributed by atoms with Gasteiger partial charge in [-0.3, -0.25) is 9.48 Å². The molecule has 3 aromatic rings. The van der Waals surface area contributed by atoms with Crippen molar-refractivity contribution in [1.82, 2.24) is 14.8 Å². The van der Waals surface area contributed by atoms with E-state index in [-0.39, 0.29) is 5.91 Å². The summed E-state index contributed by atoms with van der Waals surface area (Å²) in [5, 5.41) is 7.88. The number of H-pyrrole nitrogens is 1. The number of nitrogens with zero attached hydrogens (tertiary/aromatic N) is 2. The number of hydrogen-bond acceptors (Lipinski definition) is 3. The molecular formula is C15H17N5O. The number of para-hydroxylation sites is 1. The maximum absolute atomic E-state index is 12.1. The van der Waals surface area contributed by atoms with Crippen LogP contribution in [-0.2, 0) is 18.3 Å². The molecule has 0 aliphatic carbocycles. The lowest BCUT2D eigenvalue weighted by molar-refractivity contribution is -0.117. The largest absolute Gasteiger partial charge is 0.361 e. The third-order valence-electron chi connectivity index (χ3n) is 3.52. The Labute approximate surface area is 121 Å². The normalized spacial score (nSPS) is 12.5. The molecule has 2 aromatic heterocycles. The van der Waals surface area contributed by atoms with Gasteiger partial charge >= 0.3 is 0 Å². The van der Waals surface area contributed by atoms with Crippen molar-refractivity contribution in [2.24, 2.45) is 12.8 Å². The highest BCUT2D eigenvalue weighted by atomic mass is 16.2. The van der Waals surface area contributed by atoms with Gasteiger partial charge in [-0.05, 0) is 18.1 Å². The van der Waals surface area contributed by atoms with Crippen molar-refractivity contribution < 1.29 is 4.79 Å². The average molecular weight is 283 g/mol. The summed E-state index contributed by atoms with van der Waals surface area (Å²) in [5.41, 5.74) is 8.10. The van der Waals surface area contributed by atoms with Gasteiger partial charge in [0.25, 0.3) is 0 Å². The maximum atomic E-state index is 12.1. The van der Waals surface area contributed by atoms with Crippen LogP contribution in [0.15, 0.2) is 42.7 Å². The van der Waals surface area contributed by atoms with Crippen molar-refractivity contribution in [3.8, 4) is 0 Å². The Kier molecular flexibility index (Phi) is 3.45. The smallest absolute Gasteiger partial charge is 0.242 e. The molecule has 1 amide bonds. The number of aromatic amines is 1. The third-order valence-corrected chi connectivity index (χ3v) is 3.52. The van der Waals surface area contributed by atoms with Crippen LogP contribution in [0.1, 0.15) is 5.56 Å². The first-order valence-electron chi connectivity index (χ1n) is 6.74. The van der Waals surface area contributed by atoms with Crippen LogP contribution in [0.25, 0.3) is 10.9 Å². The van der Waals surface area contributed by atoms with Gasteiger partial charge < -0.3 is 16.0 Å². The zero-order valence-electron chi connectivity index (χ0n) is 11.7. The summed E-state index contributed by atoms with van der Waals surface area (Å²) in [6.45, 7) is 0. The zero-order valence-corrected chi connectivity index (χ0v) is 11.7. The molecule has 1 atom stereocenters. The van der Waals surface area contributed by atoms with Crippen LogP contribution >= 0.6 is 0 Å². The van der Waals surface area contributed by atoms with E-state index >= 15 is 0 Å². The highest BCUT2D eigenvalue weighted by Gasteiger charge is 2.17. The van der Waals surface area contributed by atoms with Gasteiger partial charge in [0.1, 0.15) is 5.82 Å². The first-order valence-corrected chi connectivity index (χ1v) is 6.74. The molecule has 0 saturated heterocycles. The Bertz CT molecular complexity index is 773. The van der Waals surface area contributed by atoms with Crippen LogP contribution in [0, 0.1) is 0 Å². The molecule has 0 aliphatic rings. The van der Waals surface area contributed by atoms with Crippen LogP contribution < -0.4 is 11.1 Å². The number of nitrogens with one attached hydrogen (secondary N) is 2. The number of carbonyl (C=O) groups is 1. The molecule has 0 fully saturated rings. The van der Waals surface area contributed by atoms with Gasteiger partial charge in [0, 0.05) is 30.2 Å². The lowest BCUT2D eigenvalue weighted by Crippen LogP contribution is -2.37.